The fraction of sp³-hybridized carbons (Fsp3) is 0.500. The van der Waals surface area contributed by atoms with Gasteiger partial charge in [-0.25, -0.2) is 0 Å². The van der Waals surface area contributed by atoms with E-state index in [4.69, 9.17) is 0 Å². The van der Waals surface area contributed by atoms with Gasteiger partial charge in [0.15, 0.2) is 0 Å². The predicted molar refractivity (Wildman–Crippen MR) is 91.7 cm³/mol. The largest absolute Gasteiger partial charge is 0.512 e. The van der Waals surface area contributed by atoms with Crippen LogP contribution in [0.4, 0.5) is 0 Å². The molecule has 5 N–H and O–H groups in total. The first kappa shape index (κ1) is 15.7. The zero-order chi connectivity index (χ0) is 17.0. The van der Waals surface area contributed by atoms with Gasteiger partial charge in [-0.05, 0) is 54.5 Å². The highest BCUT2D eigenvalue weighted by molar-refractivity contribution is 5.47. The number of benzene rings is 1. The van der Waals surface area contributed by atoms with E-state index in [9.17, 15) is 15.3 Å². The summed E-state index contributed by atoms with van der Waals surface area (Å²) in [5, 5.41) is 34.0. The van der Waals surface area contributed by atoms with E-state index in [1.807, 2.05) is 13.0 Å². The van der Waals surface area contributed by atoms with Gasteiger partial charge in [-0.1, -0.05) is 12.1 Å². The molecule has 0 saturated heterocycles. The van der Waals surface area contributed by atoms with Gasteiger partial charge in [0.2, 0.25) is 0 Å². The predicted octanol–water partition coefficient (Wildman–Crippen LogP) is 1.44. The van der Waals surface area contributed by atoms with Crippen molar-refractivity contribution in [3.8, 4) is 5.75 Å². The van der Waals surface area contributed by atoms with Crippen molar-refractivity contribution in [3.63, 3.8) is 0 Å². The number of rotatable bonds is 1. The Kier molecular flexibility index (Phi) is 3.70. The highest BCUT2D eigenvalue weighted by Crippen LogP contribution is 2.48. The topological polar surface area (TPSA) is 77.3 Å². The van der Waals surface area contributed by atoms with Crippen LogP contribution >= 0.6 is 0 Å². The van der Waals surface area contributed by atoms with Gasteiger partial charge in [0.05, 0.1) is 24.8 Å². The van der Waals surface area contributed by atoms with Gasteiger partial charge in [-0.2, -0.15) is 0 Å². The maximum atomic E-state index is 11.0. The lowest BCUT2D eigenvalue weighted by Crippen LogP contribution is -2.88. The number of likely N-dealkylation sites (N-methyl/N-ethyl adjacent to an activating group) is 1. The second kappa shape index (κ2) is 5.64. The van der Waals surface area contributed by atoms with Gasteiger partial charge in [-0.15, -0.1) is 0 Å². The van der Waals surface area contributed by atoms with Crippen LogP contribution in [0.2, 0.25) is 0 Å². The fourth-order valence-electron chi connectivity index (χ4n) is 5.09. The zero-order valence-electron chi connectivity index (χ0n) is 14.2. The minimum Gasteiger partial charge on any atom is -0.512 e. The van der Waals surface area contributed by atoms with Crippen LogP contribution in [0.15, 0.2) is 41.2 Å². The van der Waals surface area contributed by atoms with Gasteiger partial charge in [0.1, 0.15) is 11.8 Å². The molecule has 0 aliphatic heterocycles. The average Bonchev–Trinajstić information content (AvgIpc) is 2.57. The van der Waals surface area contributed by atoms with E-state index in [2.05, 4.69) is 24.5 Å². The molecule has 3 aliphatic rings. The van der Waals surface area contributed by atoms with Crippen LogP contribution in [0, 0.1) is 17.8 Å². The van der Waals surface area contributed by atoms with Gasteiger partial charge in [0.25, 0.3) is 0 Å². The third-order valence-corrected chi connectivity index (χ3v) is 6.38. The van der Waals surface area contributed by atoms with Crippen molar-refractivity contribution in [3.05, 3.63) is 52.3 Å². The molecule has 3 aliphatic carbocycles. The number of quaternary nitrogens is 1. The van der Waals surface area contributed by atoms with Crippen molar-refractivity contribution in [1.82, 2.24) is 0 Å². The summed E-state index contributed by atoms with van der Waals surface area (Å²) in [7, 11) is 2.06. The number of hydrogen-bond donors (Lipinski definition) is 4. The lowest BCUT2D eigenvalue weighted by atomic mass is 9.61. The number of aromatic hydroxyl groups is 1. The number of aliphatic hydroxyl groups excluding tert-OH is 2. The van der Waals surface area contributed by atoms with Crippen molar-refractivity contribution in [2.75, 3.05) is 7.05 Å². The number of aliphatic hydroxyl groups is 2. The number of nitrogens with two attached hydrogens (primary N) is 1. The number of allylic oxidation sites excluding steroid dienone is 1. The van der Waals surface area contributed by atoms with Crippen LogP contribution in [0.5, 0.6) is 5.75 Å². The Bertz CT molecular complexity index is 736. The Labute approximate surface area is 142 Å². The summed E-state index contributed by atoms with van der Waals surface area (Å²) in [5.41, 5.74) is 4.10. The monoisotopic (exact) mass is 328 g/mol. The number of phenolic OH excluding ortho intramolecular Hbond substituents is 1. The Morgan fingerprint density at radius 3 is 2.75 bits per heavy atom. The Morgan fingerprint density at radius 1 is 1.21 bits per heavy atom. The molecule has 0 aromatic heterocycles. The van der Waals surface area contributed by atoms with E-state index in [0.29, 0.717) is 29.9 Å². The van der Waals surface area contributed by atoms with Crippen molar-refractivity contribution in [1.29, 1.82) is 0 Å². The molecule has 4 heteroatoms. The highest BCUT2D eigenvalue weighted by atomic mass is 16.3. The van der Waals surface area contributed by atoms with Crippen LogP contribution in [0.3, 0.4) is 0 Å². The van der Waals surface area contributed by atoms with Crippen LogP contribution in [0.1, 0.15) is 24.5 Å². The molecule has 5 atom stereocenters. The third-order valence-electron chi connectivity index (χ3n) is 6.38. The molecule has 4 nitrogen and oxygen atoms in total. The second-order valence-corrected chi connectivity index (χ2v) is 7.59. The quantitative estimate of drug-likeness (QED) is 0.589. The van der Waals surface area contributed by atoms with Gasteiger partial charge >= 0.3 is 0 Å². The van der Waals surface area contributed by atoms with E-state index in [1.165, 1.54) is 5.56 Å². The Balaban J connectivity index is 1.78. The van der Waals surface area contributed by atoms with Crippen LogP contribution in [0.25, 0.3) is 0 Å². The molecule has 0 fully saturated rings. The number of phenols is 1. The summed E-state index contributed by atoms with van der Waals surface area (Å²) in [4.78, 5) is 0. The maximum absolute atomic E-state index is 11.0. The summed E-state index contributed by atoms with van der Waals surface area (Å²) in [6, 6.07) is 5.99. The molecule has 0 radical (unpaired) electrons. The lowest BCUT2D eigenvalue weighted by Gasteiger charge is -2.45. The molecular weight excluding hydrogens is 302 g/mol. The molecule has 4 rings (SSSR count). The van der Waals surface area contributed by atoms with Crippen molar-refractivity contribution < 1.29 is 20.6 Å². The SMILES string of the molecule is C[NH2+][C@@H]1C=C(C)C(O)C2C(O)=C3Cc4c(O)cccc4CC3CC21. The van der Waals surface area contributed by atoms with E-state index in [1.54, 1.807) is 6.07 Å². The molecule has 0 spiro atoms. The van der Waals surface area contributed by atoms with Gasteiger partial charge in [0, 0.05) is 17.9 Å². The van der Waals surface area contributed by atoms with Crippen molar-refractivity contribution in [2.45, 2.75) is 38.3 Å². The molecule has 1 aromatic carbocycles. The normalized spacial score (nSPS) is 35.0. The Morgan fingerprint density at radius 2 is 2.00 bits per heavy atom. The first-order valence-corrected chi connectivity index (χ1v) is 8.88. The van der Waals surface area contributed by atoms with E-state index < -0.39 is 6.10 Å². The summed E-state index contributed by atoms with van der Waals surface area (Å²) < 4.78 is 0. The van der Waals surface area contributed by atoms with Gasteiger partial charge in [-0.3, -0.25) is 0 Å². The molecule has 0 amide bonds. The molecule has 128 valence electrons. The van der Waals surface area contributed by atoms with Crippen molar-refractivity contribution >= 4 is 0 Å². The third kappa shape index (κ3) is 2.20. The lowest BCUT2D eigenvalue weighted by molar-refractivity contribution is -0.662. The fourth-order valence-corrected chi connectivity index (χ4v) is 5.09. The zero-order valence-corrected chi connectivity index (χ0v) is 14.2. The van der Waals surface area contributed by atoms with E-state index in [0.717, 1.165) is 29.6 Å². The molecule has 24 heavy (non-hydrogen) atoms. The highest BCUT2D eigenvalue weighted by Gasteiger charge is 2.48. The molecule has 1 aromatic rings. The van der Waals surface area contributed by atoms with E-state index in [-0.39, 0.29) is 11.8 Å². The summed E-state index contributed by atoms with van der Waals surface area (Å²) in [5.74, 6) is 1.03. The average molecular weight is 328 g/mol. The number of fused-ring (bicyclic) bond motifs is 3. The first-order valence-electron chi connectivity index (χ1n) is 8.88. The molecule has 0 heterocycles. The summed E-state index contributed by atoms with van der Waals surface area (Å²) >= 11 is 0. The van der Waals surface area contributed by atoms with E-state index >= 15 is 0 Å². The van der Waals surface area contributed by atoms with Crippen LogP contribution in [-0.4, -0.2) is 34.5 Å². The summed E-state index contributed by atoms with van der Waals surface area (Å²) in [6.45, 7) is 1.95. The summed E-state index contributed by atoms with van der Waals surface area (Å²) in [6.07, 6.45) is 3.99. The standard InChI is InChI=1S/C20H25NO3/c1-10-6-16(21-2)15-8-12-7-11-4-3-5-17(22)13(11)9-14(12)20(24)18(15)19(10)23/h3-6,12,15-16,18-19,21-24H,7-9H2,1-2H3/p+1/t12?,15?,16-,18?,19?/m1/s1. The molecule has 0 saturated carbocycles. The van der Waals surface area contributed by atoms with Crippen LogP contribution < -0.4 is 5.32 Å². The molecule has 0 bridgehead atoms. The minimum absolute atomic E-state index is 0.213. The smallest absolute Gasteiger partial charge is 0.119 e. The Hall–Kier alpha value is -1.78. The van der Waals surface area contributed by atoms with Crippen LogP contribution in [-0.2, 0) is 12.8 Å². The molecular formula is C20H26NO3+. The first-order chi connectivity index (χ1) is 11.5. The minimum atomic E-state index is -0.606. The maximum Gasteiger partial charge on any atom is 0.119 e. The molecule has 4 unspecified atom stereocenters. The van der Waals surface area contributed by atoms with Crippen molar-refractivity contribution in [2.24, 2.45) is 17.8 Å². The van der Waals surface area contributed by atoms with Gasteiger partial charge < -0.3 is 20.6 Å². The second-order valence-electron chi connectivity index (χ2n) is 7.59. The number of hydrogen-bond acceptors (Lipinski definition) is 3.